The largest absolute Gasteiger partial charge is 0.508 e. The van der Waals surface area contributed by atoms with E-state index in [1.165, 1.54) is 70.6 Å². The van der Waals surface area contributed by atoms with Gasteiger partial charge in [0.05, 0.1) is 0 Å². The Kier molecular flexibility index (Phi) is 15.0. The molecule has 158 valence electrons. The fraction of sp³-hybridized carbons (Fsp3) is 0.640. The van der Waals surface area contributed by atoms with E-state index in [2.05, 4.69) is 24.4 Å². The maximum Gasteiger partial charge on any atom is 0.220 e. The summed E-state index contributed by atoms with van der Waals surface area (Å²) in [6.07, 6.45) is 21.8. The average Bonchev–Trinajstić information content (AvgIpc) is 2.70. The van der Waals surface area contributed by atoms with E-state index in [1.54, 1.807) is 12.1 Å². The number of rotatable bonds is 17. The minimum absolute atomic E-state index is 0.116. The lowest BCUT2D eigenvalue weighted by molar-refractivity contribution is -0.121. The lowest BCUT2D eigenvalue weighted by atomic mass is 10.1. The molecular formula is C25H41NO2. The van der Waals surface area contributed by atoms with Crippen LogP contribution >= 0.6 is 0 Å². The lowest BCUT2D eigenvalue weighted by Crippen LogP contribution is -2.22. The monoisotopic (exact) mass is 387 g/mol. The Bertz CT molecular complexity index is 522. The Morgan fingerprint density at radius 1 is 0.821 bits per heavy atom. The molecule has 0 bridgehead atoms. The molecule has 0 unspecified atom stereocenters. The van der Waals surface area contributed by atoms with Gasteiger partial charge in [-0.25, -0.2) is 0 Å². The molecule has 2 N–H and O–H groups in total. The molecule has 1 aromatic rings. The van der Waals surface area contributed by atoms with Gasteiger partial charge in [0.25, 0.3) is 0 Å². The summed E-state index contributed by atoms with van der Waals surface area (Å²) in [5.74, 6) is 0.370. The number of carbonyl (C=O) groups is 1. The van der Waals surface area contributed by atoms with E-state index in [4.69, 9.17) is 0 Å². The first kappa shape index (κ1) is 24.3. The number of aromatic hydroxyl groups is 1. The molecule has 0 saturated carbocycles. The molecule has 28 heavy (non-hydrogen) atoms. The number of allylic oxidation sites excluding steroid dienone is 2. The van der Waals surface area contributed by atoms with Gasteiger partial charge in [-0.2, -0.15) is 0 Å². The van der Waals surface area contributed by atoms with Crippen LogP contribution in [0, 0.1) is 0 Å². The van der Waals surface area contributed by atoms with E-state index in [0.717, 1.165) is 18.4 Å². The molecule has 0 aromatic heterocycles. The van der Waals surface area contributed by atoms with Gasteiger partial charge in [-0.05, 0) is 49.8 Å². The van der Waals surface area contributed by atoms with Crippen LogP contribution in [0.25, 0.3) is 0 Å². The highest BCUT2D eigenvalue weighted by atomic mass is 16.3. The number of carbonyl (C=O) groups excluding carboxylic acids is 1. The third-order valence-electron chi connectivity index (χ3n) is 5.09. The highest BCUT2D eigenvalue weighted by molar-refractivity contribution is 5.75. The first-order valence-corrected chi connectivity index (χ1v) is 11.4. The SMILES string of the molecule is CCCCCCCC/C=C\CCCCCCCC(=O)NCc1ccc(O)cc1. The van der Waals surface area contributed by atoms with Crippen LogP contribution in [0.2, 0.25) is 0 Å². The molecule has 0 fully saturated rings. The quantitative estimate of drug-likeness (QED) is 0.222. The van der Waals surface area contributed by atoms with E-state index in [-0.39, 0.29) is 11.7 Å². The van der Waals surface area contributed by atoms with Gasteiger partial charge >= 0.3 is 0 Å². The molecule has 0 aliphatic rings. The number of unbranched alkanes of at least 4 members (excludes halogenated alkanes) is 11. The van der Waals surface area contributed by atoms with Crippen LogP contribution in [-0.2, 0) is 11.3 Å². The third-order valence-corrected chi connectivity index (χ3v) is 5.09. The van der Waals surface area contributed by atoms with Gasteiger partial charge < -0.3 is 10.4 Å². The van der Waals surface area contributed by atoms with Crippen molar-refractivity contribution in [2.24, 2.45) is 0 Å². The van der Waals surface area contributed by atoms with Crippen LogP contribution < -0.4 is 5.32 Å². The highest BCUT2D eigenvalue weighted by Gasteiger charge is 2.01. The Morgan fingerprint density at radius 2 is 1.36 bits per heavy atom. The molecular weight excluding hydrogens is 346 g/mol. The third kappa shape index (κ3) is 14.3. The van der Waals surface area contributed by atoms with Gasteiger partial charge in [0.15, 0.2) is 0 Å². The van der Waals surface area contributed by atoms with Crippen molar-refractivity contribution in [2.75, 3.05) is 0 Å². The summed E-state index contributed by atoms with van der Waals surface area (Å²) in [5.41, 5.74) is 1.01. The number of nitrogens with one attached hydrogen (secondary N) is 1. The second-order valence-corrected chi connectivity index (χ2v) is 7.78. The highest BCUT2D eigenvalue weighted by Crippen LogP contribution is 2.11. The molecule has 3 heteroatoms. The van der Waals surface area contributed by atoms with Crippen LogP contribution in [0.1, 0.15) is 102 Å². The predicted octanol–water partition coefficient (Wildman–Crippen LogP) is 7.05. The minimum atomic E-state index is 0.116. The molecule has 1 amide bonds. The van der Waals surface area contributed by atoms with Crippen molar-refractivity contribution >= 4 is 5.91 Å². The van der Waals surface area contributed by atoms with E-state index in [9.17, 15) is 9.90 Å². The molecule has 1 rings (SSSR count). The van der Waals surface area contributed by atoms with E-state index < -0.39 is 0 Å². The summed E-state index contributed by atoms with van der Waals surface area (Å²) in [6.45, 7) is 2.80. The van der Waals surface area contributed by atoms with Crippen molar-refractivity contribution in [1.29, 1.82) is 0 Å². The van der Waals surface area contributed by atoms with Crippen LogP contribution in [0.5, 0.6) is 5.75 Å². The normalized spacial score (nSPS) is 11.2. The topological polar surface area (TPSA) is 49.3 Å². The second-order valence-electron chi connectivity index (χ2n) is 7.78. The van der Waals surface area contributed by atoms with Crippen molar-refractivity contribution in [3.63, 3.8) is 0 Å². The maximum atomic E-state index is 11.8. The number of amides is 1. The zero-order valence-corrected chi connectivity index (χ0v) is 17.9. The Hall–Kier alpha value is -1.77. The van der Waals surface area contributed by atoms with Gasteiger partial charge in [0, 0.05) is 13.0 Å². The van der Waals surface area contributed by atoms with Gasteiger partial charge in [-0.1, -0.05) is 82.6 Å². The number of phenols is 1. The summed E-state index contributed by atoms with van der Waals surface area (Å²) in [4.78, 5) is 11.8. The second kappa shape index (κ2) is 17.3. The number of benzene rings is 1. The summed E-state index contributed by atoms with van der Waals surface area (Å²) in [6, 6.07) is 6.95. The smallest absolute Gasteiger partial charge is 0.220 e. The molecule has 0 aliphatic carbocycles. The van der Waals surface area contributed by atoms with Crippen LogP contribution in [0.4, 0.5) is 0 Å². The summed E-state index contributed by atoms with van der Waals surface area (Å²) < 4.78 is 0. The van der Waals surface area contributed by atoms with Crippen molar-refractivity contribution in [3.05, 3.63) is 42.0 Å². The maximum absolute atomic E-state index is 11.8. The number of hydrogen-bond donors (Lipinski definition) is 2. The molecule has 0 saturated heterocycles. The van der Waals surface area contributed by atoms with Crippen molar-refractivity contribution in [3.8, 4) is 5.75 Å². The molecule has 0 spiro atoms. The van der Waals surface area contributed by atoms with Crippen molar-refractivity contribution in [1.82, 2.24) is 5.32 Å². The summed E-state index contributed by atoms with van der Waals surface area (Å²) >= 11 is 0. The van der Waals surface area contributed by atoms with Crippen LogP contribution in [0.15, 0.2) is 36.4 Å². The Labute approximate surface area is 172 Å². The minimum Gasteiger partial charge on any atom is -0.508 e. The van der Waals surface area contributed by atoms with Crippen molar-refractivity contribution in [2.45, 2.75) is 103 Å². The zero-order valence-electron chi connectivity index (χ0n) is 17.9. The zero-order chi connectivity index (χ0) is 20.3. The first-order valence-electron chi connectivity index (χ1n) is 11.4. The number of phenolic OH excluding ortho intramolecular Hbond substituents is 1. The fourth-order valence-electron chi connectivity index (χ4n) is 3.26. The predicted molar refractivity (Wildman–Crippen MR) is 119 cm³/mol. The lowest BCUT2D eigenvalue weighted by Gasteiger charge is -2.05. The van der Waals surface area contributed by atoms with E-state index in [0.29, 0.717) is 13.0 Å². The van der Waals surface area contributed by atoms with Gasteiger partial charge in [-0.3, -0.25) is 4.79 Å². The van der Waals surface area contributed by atoms with Gasteiger partial charge in [0.2, 0.25) is 5.91 Å². The molecule has 1 aromatic carbocycles. The van der Waals surface area contributed by atoms with Gasteiger partial charge in [0.1, 0.15) is 5.75 Å². The molecule has 0 radical (unpaired) electrons. The van der Waals surface area contributed by atoms with Crippen LogP contribution in [-0.4, -0.2) is 11.0 Å². The van der Waals surface area contributed by atoms with E-state index >= 15 is 0 Å². The fourth-order valence-corrected chi connectivity index (χ4v) is 3.26. The Balaban J connectivity index is 1.85. The molecule has 3 nitrogen and oxygen atoms in total. The first-order chi connectivity index (χ1) is 13.7. The summed E-state index contributed by atoms with van der Waals surface area (Å²) in [5, 5.41) is 12.2. The van der Waals surface area contributed by atoms with Crippen molar-refractivity contribution < 1.29 is 9.90 Å². The molecule has 0 heterocycles. The molecule has 0 atom stereocenters. The Morgan fingerprint density at radius 3 is 1.96 bits per heavy atom. The summed E-state index contributed by atoms with van der Waals surface area (Å²) in [7, 11) is 0. The van der Waals surface area contributed by atoms with E-state index in [1.807, 2.05) is 12.1 Å². The number of hydrogen-bond acceptors (Lipinski definition) is 2. The standard InChI is InChI=1S/C25H41NO2/c1-2-3-4-5-6-7-8-9-10-11-12-13-14-15-16-17-25(28)26-22-23-18-20-24(27)21-19-23/h9-10,18-21,27H,2-8,11-17,22H2,1H3,(H,26,28)/b10-9-. The van der Waals surface area contributed by atoms with Gasteiger partial charge in [-0.15, -0.1) is 0 Å². The average molecular weight is 388 g/mol. The molecule has 0 aliphatic heterocycles. The van der Waals surface area contributed by atoms with Crippen LogP contribution in [0.3, 0.4) is 0 Å².